The molecule has 5 aromatic rings. The third kappa shape index (κ3) is 9.82. The van der Waals surface area contributed by atoms with Crippen molar-refractivity contribution in [3.05, 3.63) is 131 Å². The van der Waals surface area contributed by atoms with Crippen molar-refractivity contribution in [1.82, 2.24) is 0 Å². The number of aryl methyl sites for hydroxylation is 4. The largest absolute Gasteiger partial charge is 0.0654 e. The van der Waals surface area contributed by atoms with Crippen LogP contribution >= 0.6 is 0 Å². The first-order valence-corrected chi connectivity index (χ1v) is 19.1. The Morgan fingerprint density at radius 2 is 0.667 bits per heavy atom. The molecule has 0 unspecified atom stereocenters. The highest BCUT2D eigenvalue weighted by atomic mass is 14.2. The summed E-state index contributed by atoms with van der Waals surface area (Å²) in [6.45, 7) is 9.04. The van der Waals surface area contributed by atoms with Gasteiger partial charge in [-0.2, -0.15) is 0 Å². The molecule has 0 amide bonds. The van der Waals surface area contributed by atoms with E-state index in [1.807, 2.05) is 0 Å². The zero-order valence-corrected chi connectivity index (χ0v) is 30.3. The van der Waals surface area contributed by atoms with Gasteiger partial charge in [0.1, 0.15) is 0 Å². The number of rotatable bonds is 18. The monoisotopic (exact) mass is 634 g/mol. The zero-order valence-electron chi connectivity index (χ0n) is 30.3. The van der Waals surface area contributed by atoms with Gasteiger partial charge in [0.25, 0.3) is 0 Å². The molecule has 0 saturated heterocycles. The molecule has 0 aliphatic heterocycles. The molecule has 0 fully saturated rings. The standard InChI is InChI=1S/C48H58/c1-5-8-11-14-17-45-36-48(44-33-29-42(30-34-44)40-25-21-38(22-26-40)16-13-10-7-3)46(18-15-12-9-6-2)35-47(45)43-31-27-41(28-32-43)39-23-19-37(4)20-24-39/h19-36H,5-18H2,1-4H3. The molecular weight excluding hydrogens is 577 g/mol. The lowest BCUT2D eigenvalue weighted by atomic mass is 9.86. The summed E-state index contributed by atoms with van der Waals surface area (Å²) in [5.74, 6) is 0. The normalized spacial score (nSPS) is 11.2. The summed E-state index contributed by atoms with van der Waals surface area (Å²) in [6.07, 6.45) is 17.5. The minimum atomic E-state index is 1.13. The molecule has 5 aromatic carbocycles. The first-order valence-electron chi connectivity index (χ1n) is 19.1. The van der Waals surface area contributed by atoms with Gasteiger partial charge >= 0.3 is 0 Å². The highest BCUT2D eigenvalue weighted by Crippen LogP contribution is 2.36. The fourth-order valence-corrected chi connectivity index (χ4v) is 7.00. The van der Waals surface area contributed by atoms with E-state index in [2.05, 4.69) is 137 Å². The van der Waals surface area contributed by atoms with Gasteiger partial charge in [0.2, 0.25) is 0 Å². The van der Waals surface area contributed by atoms with Gasteiger partial charge in [0, 0.05) is 0 Å². The van der Waals surface area contributed by atoms with Gasteiger partial charge in [-0.15, -0.1) is 0 Å². The van der Waals surface area contributed by atoms with Gasteiger partial charge in [-0.3, -0.25) is 0 Å². The van der Waals surface area contributed by atoms with Crippen LogP contribution in [0.5, 0.6) is 0 Å². The van der Waals surface area contributed by atoms with Crippen molar-refractivity contribution < 1.29 is 0 Å². The number of benzene rings is 5. The van der Waals surface area contributed by atoms with Crippen LogP contribution < -0.4 is 0 Å². The maximum Gasteiger partial charge on any atom is -0.0149 e. The minimum Gasteiger partial charge on any atom is -0.0654 e. The summed E-state index contributed by atoms with van der Waals surface area (Å²) in [5.41, 5.74) is 16.4. The quantitative estimate of drug-likeness (QED) is 0.0841. The van der Waals surface area contributed by atoms with E-state index in [4.69, 9.17) is 0 Å². The third-order valence-corrected chi connectivity index (χ3v) is 10.1. The lowest BCUT2D eigenvalue weighted by Crippen LogP contribution is -1.99. The van der Waals surface area contributed by atoms with Crippen LogP contribution in [0.2, 0.25) is 0 Å². The van der Waals surface area contributed by atoms with E-state index >= 15 is 0 Å². The van der Waals surface area contributed by atoms with Gasteiger partial charge in [0.15, 0.2) is 0 Å². The van der Waals surface area contributed by atoms with Crippen LogP contribution in [0.15, 0.2) is 109 Å². The lowest BCUT2D eigenvalue weighted by Gasteiger charge is -2.18. The van der Waals surface area contributed by atoms with E-state index in [-0.39, 0.29) is 0 Å². The Morgan fingerprint density at radius 3 is 1.08 bits per heavy atom. The first-order chi connectivity index (χ1) is 23.6. The molecule has 0 atom stereocenters. The second-order valence-corrected chi connectivity index (χ2v) is 14.0. The predicted molar refractivity (Wildman–Crippen MR) is 212 cm³/mol. The number of hydrogen-bond donors (Lipinski definition) is 0. The van der Waals surface area contributed by atoms with Crippen LogP contribution in [0.25, 0.3) is 44.5 Å². The molecule has 0 N–H and O–H groups in total. The number of unbranched alkanes of at least 4 members (excludes halogenated alkanes) is 8. The Kier molecular flexibility index (Phi) is 13.7. The Balaban J connectivity index is 1.47. The molecule has 48 heavy (non-hydrogen) atoms. The van der Waals surface area contributed by atoms with E-state index in [1.165, 1.54) is 144 Å². The molecule has 0 aliphatic carbocycles. The Bertz CT molecular complexity index is 1650. The summed E-state index contributed by atoms with van der Waals surface area (Å²) < 4.78 is 0. The van der Waals surface area contributed by atoms with E-state index in [0.717, 1.165) is 12.8 Å². The Morgan fingerprint density at radius 1 is 0.333 bits per heavy atom. The second-order valence-electron chi connectivity index (χ2n) is 14.0. The van der Waals surface area contributed by atoms with E-state index in [0.29, 0.717) is 0 Å². The van der Waals surface area contributed by atoms with Gasteiger partial charge in [-0.05, 0) is 107 Å². The smallest absolute Gasteiger partial charge is 0.0149 e. The average Bonchev–Trinajstić information content (AvgIpc) is 3.13. The van der Waals surface area contributed by atoms with Crippen molar-refractivity contribution in [1.29, 1.82) is 0 Å². The maximum absolute atomic E-state index is 2.56. The zero-order chi connectivity index (χ0) is 33.6. The summed E-state index contributed by atoms with van der Waals surface area (Å²) in [5, 5.41) is 0. The molecule has 0 aliphatic rings. The van der Waals surface area contributed by atoms with Crippen LogP contribution in [0.1, 0.15) is 114 Å². The first kappa shape index (κ1) is 35.4. The van der Waals surface area contributed by atoms with Crippen LogP contribution in [0.3, 0.4) is 0 Å². The highest BCUT2D eigenvalue weighted by molar-refractivity contribution is 5.79. The van der Waals surface area contributed by atoms with Crippen molar-refractivity contribution in [2.45, 2.75) is 118 Å². The van der Waals surface area contributed by atoms with E-state index in [1.54, 1.807) is 0 Å². The SMILES string of the molecule is CCCCCCc1cc(-c2ccc(-c3ccc(CCCCC)cc3)cc2)c(CCCCCC)cc1-c1ccc(-c2ccc(C)cc2)cc1. The minimum absolute atomic E-state index is 1.13. The predicted octanol–water partition coefficient (Wildman–Crippen LogP) is 14.6. The lowest BCUT2D eigenvalue weighted by molar-refractivity contribution is 0.664. The summed E-state index contributed by atoms with van der Waals surface area (Å²) in [4.78, 5) is 0. The highest BCUT2D eigenvalue weighted by Gasteiger charge is 2.14. The van der Waals surface area contributed by atoms with Gasteiger partial charge in [-0.25, -0.2) is 0 Å². The average molecular weight is 635 g/mol. The van der Waals surface area contributed by atoms with E-state index in [9.17, 15) is 0 Å². The van der Waals surface area contributed by atoms with Crippen molar-refractivity contribution in [3.8, 4) is 44.5 Å². The molecule has 0 aromatic heterocycles. The van der Waals surface area contributed by atoms with E-state index < -0.39 is 0 Å². The van der Waals surface area contributed by atoms with Crippen LogP contribution in [-0.2, 0) is 19.3 Å². The topological polar surface area (TPSA) is 0 Å². The van der Waals surface area contributed by atoms with Gasteiger partial charge < -0.3 is 0 Å². The van der Waals surface area contributed by atoms with Crippen LogP contribution in [0.4, 0.5) is 0 Å². The molecule has 0 radical (unpaired) electrons. The Hall–Kier alpha value is -3.90. The second kappa shape index (κ2) is 18.6. The Labute approximate surface area is 292 Å². The molecule has 0 heterocycles. The molecule has 5 rings (SSSR count). The fraction of sp³-hybridized carbons (Fsp3) is 0.375. The third-order valence-electron chi connectivity index (χ3n) is 10.1. The van der Waals surface area contributed by atoms with Crippen LogP contribution in [-0.4, -0.2) is 0 Å². The van der Waals surface area contributed by atoms with Gasteiger partial charge in [0.05, 0.1) is 0 Å². The van der Waals surface area contributed by atoms with Gasteiger partial charge in [-0.1, -0.05) is 187 Å². The van der Waals surface area contributed by atoms with Crippen molar-refractivity contribution in [2.24, 2.45) is 0 Å². The molecule has 0 spiro atoms. The van der Waals surface area contributed by atoms with Crippen molar-refractivity contribution >= 4 is 0 Å². The number of hydrogen-bond acceptors (Lipinski definition) is 0. The molecule has 0 nitrogen and oxygen atoms in total. The molecular formula is C48H58. The summed E-state index contributed by atoms with van der Waals surface area (Å²) in [7, 11) is 0. The molecule has 0 heteroatoms. The molecule has 0 saturated carbocycles. The summed E-state index contributed by atoms with van der Waals surface area (Å²) in [6, 6.07) is 42.0. The maximum atomic E-state index is 2.56. The summed E-state index contributed by atoms with van der Waals surface area (Å²) >= 11 is 0. The van der Waals surface area contributed by atoms with Crippen molar-refractivity contribution in [3.63, 3.8) is 0 Å². The van der Waals surface area contributed by atoms with Crippen molar-refractivity contribution in [2.75, 3.05) is 0 Å². The van der Waals surface area contributed by atoms with Crippen LogP contribution in [0, 0.1) is 6.92 Å². The fourth-order valence-electron chi connectivity index (χ4n) is 7.00. The molecule has 0 bridgehead atoms. The molecule has 250 valence electrons.